The van der Waals surface area contributed by atoms with E-state index in [0.29, 0.717) is 58.6 Å². The van der Waals surface area contributed by atoms with Crippen LogP contribution in [0, 0.1) is 0 Å². The van der Waals surface area contributed by atoms with Gasteiger partial charge in [0.2, 0.25) is 11.8 Å². The van der Waals surface area contributed by atoms with Crippen molar-refractivity contribution in [1.29, 1.82) is 0 Å². The van der Waals surface area contributed by atoms with Crippen molar-refractivity contribution in [2.75, 3.05) is 101 Å². The van der Waals surface area contributed by atoms with Gasteiger partial charge in [0.25, 0.3) is 11.8 Å². The lowest BCUT2D eigenvalue weighted by molar-refractivity contribution is -0.159. The first-order chi connectivity index (χ1) is 50.7. The van der Waals surface area contributed by atoms with Crippen LogP contribution in [0.1, 0.15) is 122 Å². The Balaban J connectivity index is 0.000000852. The second-order valence-corrected chi connectivity index (χ2v) is 24.2. The maximum absolute atomic E-state index is 14.4. The van der Waals surface area contributed by atoms with Gasteiger partial charge in [0.05, 0.1) is 61.2 Å². The minimum Gasteiger partial charge on any atom is -0.496 e. The molecule has 0 bridgehead atoms. The van der Waals surface area contributed by atoms with E-state index >= 15 is 0 Å². The van der Waals surface area contributed by atoms with Crippen LogP contribution >= 0.6 is 0 Å². The molecule has 0 fully saturated rings. The Morgan fingerprint density at radius 3 is 0.943 bits per heavy atom. The third kappa shape index (κ3) is 30.3. The number of para-hydroxylation sites is 4. The second kappa shape index (κ2) is 46.8. The normalized spacial score (nSPS) is 11.6. The van der Waals surface area contributed by atoms with E-state index < -0.39 is 47.8 Å². The summed E-state index contributed by atoms with van der Waals surface area (Å²) in [5, 5.41) is 65.0. The largest absolute Gasteiger partial charge is 0.496 e. The molecule has 0 aliphatic carbocycles. The lowest BCUT2D eigenvalue weighted by atomic mass is 10.1. The number of nitrogens with one attached hydrogen (secondary N) is 2. The van der Waals surface area contributed by atoms with E-state index in [1.165, 1.54) is 38.5 Å². The summed E-state index contributed by atoms with van der Waals surface area (Å²) in [4.78, 5) is 150. The Kier molecular flexibility index (Phi) is 38.3. The number of aromatic nitrogens is 2. The monoisotopic (exact) mass is 1470 g/mol. The van der Waals surface area contributed by atoms with Crippen molar-refractivity contribution in [3.8, 4) is 11.5 Å². The summed E-state index contributed by atoms with van der Waals surface area (Å²) < 4.78 is 11.4. The van der Waals surface area contributed by atoms with Gasteiger partial charge in [0.1, 0.15) is 11.5 Å². The molecule has 32 heteroatoms. The number of ether oxygens (including phenoxy) is 2. The molecule has 0 saturated heterocycles. The van der Waals surface area contributed by atoms with Gasteiger partial charge in [0, 0.05) is 36.6 Å². The van der Waals surface area contributed by atoms with Gasteiger partial charge < -0.3 is 70.8 Å². The zero-order valence-electron chi connectivity index (χ0n) is 59.5. The molecule has 8 rings (SSSR count). The number of rotatable bonds is 33. The SMILES string of the molecule is COc1ccccc1CN(CCCCCCN(C)CCCCCCCCN(C)CCCCCCN(CC(=O)N1c2ccccc2C(=O)Nc2cccnc21)Cc1ccccc1OC)CC(=O)N1c2ccccc2C(=O)Nc2cccnc21.O=C(O)C(=O)O.O=C(O)C(=O)O.O=C(O)C(=O)O.O=C(O)C(=O)O. The number of amides is 4. The highest BCUT2D eigenvalue weighted by Crippen LogP contribution is 2.38. The number of hydrogen-bond donors (Lipinski definition) is 10. The number of carbonyl (C=O) groups excluding carboxylic acids is 4. The van der Waals surface area contributed by atoms with Crippen LogP contribution in [0.4, 0.5) is 34.4 Å². The lowest BCUT2D eigenvalue weighted by Gasteiger charge is -2.28. The summed E-state index contributed by atoms with van der Waals surface area (Å²) in [5.74, 6) is -13.0. The minimum absolute atomic E-state index is 0.150. The van der Waals surface area contributed by atoms with Crippen LogP contribution in [0.15, 0.2) is 134 Å². The van der Waals surface area contributed by atoms with Gasteiger partial charge in [-0.05, 0) is 153 Å². The van der Waals surface area contributed by atoms with E-state index in [4.69, 9.17) is 88.7 Å². The molecule has 4 amide bonds. The number of aliphatic carboxylic acids is 8. The Hall–Kier alpha value is -11.7. The average molecular weight is 1470 g/mol. The molecule has 2 aliphatic rings. The molecule has 6 aromatic rings. The van der Waals surface area contributed by atoms with Crippen LogP contribution in [0.25, 0.3) is 0 Å². The number of pyridine rings is 2. The molecule has 0 spiro atoms. The first kappa shape index (κ1) is 86.7. The molecule has 2 aliphatic heterocycles. The number of unbranched alkanes of at least 4 members (excludes halogenated alkanes) is 11. The predicted molar refractivity (Wildman–Crippen MR) is 389 cm³/mol. The maximum atomic E-state index is 14.4. The van der Waals surface area contributed by atoms with E-state index in [-0.39, 0.29) is 36.7 Å². The van der Waals surface area contributed by atoms with Gasteiger partial charge in [-0.25, -0.2) is 48.3 Å². The van der Waals surface area contributed by atoms with Crippen molar-refractivity contribution >= 4 is 106 Å². The fraction of sp³-hybridized carbons (Fsp3) is 0.378. The molecule has 32 nitrogen and oxygen atoms in total. The Labute approximate surface area is 612 Å². The van der Waals surface area contributed by atoms with E-state index in [9.17, 15) is 19.2 Å². The van der Waals surface area contributed by atoms with Gasteiger partial charge in [-0.3, -0.25) is 38.8 Å². The zero-order valence-corrected chi connectivity index (χ0v) is 59.5. The van der Waals surface area contributed by atoms with Crippen LogP contribution in [0.3, 0.4) is 0 Å². The summed E-state index contributed by atoms with van der Waals surface area (Å²) >= 11 is 0. The summed E-state index contributed by atoms with van der Waals surface area (Å²) in [6.07, 6.45) is 19.4. The molecule has 0 radical (unpaired) electrons. The molecule has 4 aromatic carbocycles. The van der Waals surface area contributed by atoms with Gasteiger partial charge in [0.15, 0.2) is 11.6 Å². The van der Waals surface area contributed by atoms with Crippen molar-refractivity contribution in [3.63, 3.8) is 0 Å². The first-order valence-corrected chi connectivity index (χ1v) is 34.0. The summed E-state index contributed by atoms with van der Waals surface area (Å²) in [6, 6.07) is 37.4. The molecular formula is C74H92N10O22. The minimum atomic E-state index is -1.82. The number of hydrogen-bond acceptors (Lipinski definition) is 20. The van der Waals surface area contributed by atoms with Crippen LogP contribution < -0.4 is 29.9 Å². The number of methoxy groups -OCH3 is 2. The maximum Gasteiger partial charge on any atom is 0.414 e. The predicted octanol–water partition coefficient (Wildman–Crippen LogP) is 8.61. The third-order valence-electron chi connectivity index (χ3n) is 16.3. The zero-order chi connectivity index (χ0) is 78.1. The van der Waals surface area contributed by atoms with E-state index in [0.717, 1.165) is 113 Å². The fourth-order valence-electron chi connectivity index (χ4n) is 11.1. The number of nitrogens with zero attached hydrogens (tertiary/aromatic N) is 8. The van der Waals surface area contributed by atoms with Crippen molar-refractivity contribution in [2.24, 2.45) is 0 Å². The topological polar surface area (TPSA) is 454 Å². The van der Waals surface area contributed by atoms with Crippen molar-refractivity contribution in [3.05, 3.63) is 156 Å². The van der Waals surface area contributed by atoms with Crippen molar-refractivity contribution in [2.45, 2.75) is 103 Å². The Morgan fingerprint density at radius 1 is 0.368 bits per heavy atom. The number of carboxylic acid groups (broad SMARTS) is 8. The van der Waals surface area contributed by atoms with E-state index in [1.54, 1.807) is 72.8 Å². The van der Waals surface area contributed by atoms with E-state index in [1.807, 2.05) is 72.8 Å². The van der Waals surface area contributed by atoms with Crippen LogP contribution in [0.2, 0.25) is 0 Å². The van der Waals surface area contributed by atoms with Crippen LogP contribution in [0.5, 0.6) is 11.5 Å². The van der Waals surface area contributed by atoms with Gasteiger partial charge in [-0.15, -0.1) is 0 Å². The average Bonchev–Trinajstić information content (AvgIpc) is 1.74. The van der Waals surface area contributed by atoms with Crippen LogP contribution in [-0.2, 0) is 61.0 Å². The molecule has 0 unspecified atom stereocenters. The summed E-state index contributed by atoms with van der Waals surface area (Å²) in [6.45, 7) is 7.30. The third-order valence-corrected chi connectivity index (χ3v) is 16.3. The number of benzene rings is 4. The quantitative estimate of drug-likeness (QED) is 0.0136. The molecule has 2 aromatic heterocycles. The molecule has 0 atom stereocenters. The van der Waals surface area contributed by atoms with E-state index in [2.05, 4.69) is 66.4 Å². The summed E-state index contributed by atoms with van der Waals surface area (Å²) in [7, 11) is 7.84. The highest BCUT2D eigenvalue weighted by molar-refractivity contribution is 6.28. The number of anilines is 6. The second-order valence-electron chi connectivity index (χ2n) is 24.2. The lowest BCUT2D eigenvalue weighted by Crippen LogP contribution is -2.39. The Bertz CT molecular complexity index is 3590. The molecule has 570 valence electrons. The number of fused-ring (bicyclic) bond motifs is 4. The first-order valence-electron chi connectivity index (χ1n) is 34.0. The molecule has 0 saturated carbocycles. The fourth-order valence-corrected chi connectivity index (χ4v) is 11.1. The molecule has 106 heavy (non-hydrogen) atoms. The number of carboxylic acids is 8. The van der Waals surface area contributed by atoms with Gasteiger partial charge in [-0.1, -0.05) is 112 Å². The van der Waals surface area contributed by atoms with Crippen LogP contribution in [-0.4, -0.2) is 222 Å². The highest BCUT2D eigenvalue weighted by Gasteiger charge is 2.33. The highest BCUT2D eigenvalue weighted by atomic mass is 16.5. The van der Waals surface area contributed by atoms with Crippen molar-refractivity contribution < 1.29 is 108 Å². The van der Waals surface area contributed by atoms with Gasteiger partial charge in [-0.2, -0.15) is 0 Å². The smallest absolute Gasteiger partial charge is 0.414 e. The number of carbonyl (C=O) groups is 12. The molecule has 10 N–H and O–H groups in total. The standard InChI is InChI=1S/C66H84N10O6.4C2H2O4/c1-71(43-23-9-11-25-45-73(47-51-29-13-19-37-59(51)81-3)49-61(77)75-57-35-17-15-31-53(57)65(79)69-55-33-27-39-67-63(55)75)41-21-7-5-6-8-22-42-72(2)44-24-10-12-26-46-74(48-52-30-14-20-38-60(52)82-4)50-62(78)76-58-36-18-16-32-54(58)66(80)70-56-34-28-40-68-64(56)76;4*3-1(4)2(5)6/h13-20,27-40H,5-12,21-26,41-50H2,1-4H3,(H,69,79)(H,70,80);4*(H,3,4)(H,5,6). The Morgan fingerprint density at radius 2 is 0.642 bits per heavy atom. The molecule has 4 heterocycles. The summed E-state index contributed by atoms with van der Waals surface area (Å²) in [5.41, 5.74) is 4.96. The molecular weight excluding hydrogens is 1380 g/mol. The van der Waals surface area contributed by atoms with Gasteiger partial charge >= 0.3 is 47.8 Å². The van der Waals surface area contributed by atoms with Crippen molar-refractivity contribution in [1.82, 2.24) is 29.6 Å².